The van der Waals surface area contributed by atoms with E-state index < -0.39 is 0 Å². The van der Waals surface area contributed by atoms with Crippen LogP contribution in [0.3, 0.4) is 0 Å². The molecule has 0 radical (unpaired) electrons. The Morgan fingerprint density at radius 1 is 1.35 bits per heavy atom. The molecule has 0 bridgehead atoms. The lowest BCUT2D eigenvalue weighted by Crippen LogP contribution is -1.90. The first kappa shape index (κ1) is 13.2. The van der Waals surface area contributed by atoms with Crippen LogP contribution >= 0.6 is 43.2 Å². The van der Waals surface area contributed by atoms with Crippen LogP contribution in [-0.4, -0.2) is 15.3 Å². The maximum Gasteiger partial charge on any atom is 0.124 e. The molecule has 0 amide bonds. The third-order valence-corrected chi connectivity index (χ3v) is 4.96. The number of nitrogens with zero attached hydrogens (tertiary/aromatic N) is 2. The SMILES string of the molecule is Cc1nc(-c2ccnc(CCBr)c2)sc1CBr. The summed E-state index contributed by atoms with van der Waals surface area (Å²) < 4.78 is 0. The van der Waals surface area contributed by atoms with Gasteiger partial charge in [0, 0.05) is 33.0 Å². The topological polar surface area (TPSA) is 25.8 Å². The highest BCUT2D eigenvalue weighted by atomic mass is 79.9. The van der Waals surface area contributed by atoms with Crippen molar-refractivity contribution in [1.29, 1.82) is 0 Å². The standard InChI is InChI=1S/C12H12Br2N2S/c1-8-11(7-14)17-12(16-8)9-3-5-15-10(6-9)2-4-13/h3,5-6H,2,4,7H2,1H3. The van der Waals surface area contributed by atoms with Gasteiger partial charge >= 0.3 is 0 Å². The minimum atomic E-state index is 0.871. The van der Waals surface area contributed by atoms with E-state index in [0.29, 0.717) is 0 Å². The van der Waals surface area contributed by atoms with Crippen LogP contribution in [0.5, 0.6) is 0 Å². The van der Waals surface area contributed by atoms with Crippen molar-refractivity contribution < 1.29 is 0 Å². The molecular formula is C12H12Br2N2S. The summed E-state index contributed by atoms with van der Waals surface area (Å²) in [6.07, 6.45) is 2.81. The molecule has 0 unspecified atom stereocenters. The number of rotatable bonds is 4. The zero-order chi connectivity index (χ0) is 12.3. The molecular weight excluding hydrogens is 364 g/mol. The molecule has 0 N–H and O–H groups in total. The number of halogens is 2. The van der Waals surface area contributed by atoms with Gasteiger partial charge in [0.05, 0.1) is 5.69 Å². The van der Waals surface area contributed by atoms with E-state index in [0.717, 1.165) is 39.0 Å². The van der Waals surface area contributed by atoms with Crippen LogP contribution in [0.1, 0.15) is 16.3 Å². The van der Waals surface area contributed by atoms with Crippen LogP contribution in [0.4, 0.5) is 0 Å². The fraction of sp³-hybridized carbons (Fsp3) is 0.333. The Balaban J connectivity index is 2.34. The molecule has 90 valence electrons. The molecule has 0 aliphatic carbocycles. The predicted octanol–water partition coefficient (Wildman–Crippen LogP) is 4.35. The number of aryl methyl sites for hydroxylation is 2. The van der Waals surface area contributed by atoms with Crippen LogP contribution in [0.25, 0.3) is 10.6 Å². The quantitative estimate of drug-likeness (QED) is 0.742. The van der Waals surface area contributed by atoms with Crippen LogP contribution in [0.2, 0.25) is 0 Å². The van der Waals surface area contributed by atoms with Crippen LogP contribution in [-0.2, 0) is 11.8 Å². The number of hydrogen-bond acceptors (Lipinski definition) is 3. The summed E-state index contributed by atoms with van der Waals surface area (Å²) in [6, 6.07) is 4.14. The molecule has 17 heavy (non-hydrogen) atoms. The second-order valence-electron chi connectivity index (χ2n) is 3.64. The maximum atomic E-state index is 4.60. The minimum Gasteiger partial charge on any atom is -0.261 e. The Bertz CT molecular complexity index is 511. The first-order valence-corrected chi connectivity index (χ1v) is 8.34. The molecule has 0 fully saturated rings. The largest absolute Gasteiger partial charge is 0.261 e. The van der Waals surface area contributed by atoms with Gasteiger partial charge in [-0.3, -0.25) is 4.98 Å². The van der Waals surface area contributed by atoms with Crippen LogP contribution in [0.15, 0.2) is 18.3 Å². The van der Waals surface area contributed by atoms with Gasteiger partial charge in [0.25, 0.3) is 0 Å². The summed E-state index contributed by atoms with van der Waals surface area (Å²) in [6.45, 7) is 2.05. The molecule has 0 atom stereocenters. The zero-order valence-corrected chi connectivity index (χ0v) is 13.4. The van der Waals surface area contributed by atoms with E-state index >= 15 is 0 Å². The lowest BCUT2D eigenvalue weighted by Gasteiger charge is -1.99. The predicted molar refractivity (Wildman–Crippen MR) is 80.2 cm³/mol. The maximum absolute atomic E-state index is 4.60. The van der Waals surface area contributed by atoms with Gasteiger partial charge < -0.3 is 0 Å². The van der Waals surface area contributed by atoms with Gasteiger partial charge in [-0.1, -0.05) is 31.9 Å². The van der Waals surface area contributed by atoms with Gasteiger partial charge in [-0.15, -0.1) is 11.3 Å². The average molecular weight is 376 g/mol. The monoisotopic (exact) mass is 374 g/mol. The molecule has 2 aromatic rings. The first-order valence-electron chi connectivity index (χ1n) is 5.28. The van der Waals surface area contributed by atoms with Crippen molar-refractivity contribution in [3.8, 4) is 10.6 Å². The Hall–Kier alpha value is -0.260. The number of hydrogen-bond donors (Lipinski definition) is 0. The fourth-order valence-corrected chi connectivity index (χ4v) is 3.58. The third kappa shape index (κ3) is 3.14. The molecule has 5 heteroatoms. The van der Waals surface area contributed by atoms with Crippen molar-refractivity contribution in [2.75, 3.05) is 5.33 Å². The lowest BCUT2D eigenvalue weighted by molar-refractivity contribution is 1.05. The second-order valence-corrected chi connectivity index (χ2v) is 6.07. The van der Waals surface area contributed by atoms with Crippen molar-refractivity contribution in [2.45, 2.75) is 18.7 Å². The molecule has 0 spiro atoms. The van der Waals surface area contributed by atoms with Gasteiger partial charge in [-0.05, 0) is 25.5 Å². The number of thiazole rings is 1. The van der Waals surface area contributed by atoms with Gasteiger partial charge in [-0.25, -0.2) is 4.98 Å². The van der Waals surface area contributed by atoms with Crippen LogP contribution in [0, 0.1) is 6.92 Å². The minimum absolute atomic E-state index is 0.871. The summed E-state index contributed by atoms with van der Waals surface area (Å²) in [5.74, 6) is 0. The Labute approximate surface area is 122 Å². The molecule has 0 aliphatic heterocycles. The molecule has 0 saturated carbocycles. The molecule has 2 aromatic heterocycles. The van der Waals surface area contributed by atoms with E-state index in [9.17, 15) is 0 Å². The molecule has 2 heterocycles. The lowest BCUT2D eigenvalue weighted by atomic mass is 10.2. The van der Waals surface area contributed by atoms with Gasteiger partial charge in [0.1, 0.15) is 5.01 Å². The van der Waals surface area contributed by atoms with E-state index in [1.165, 1.54) is 4.88 Å². The Morgan fingerprint density at radius 3 is 2.82 bits per heavy atom. The van der Waals surface area contributed by atoms with Crippen molar-refractivity contribution in [3.63, 3.8) is 0 Å². The normalized spacial score (nSPS) is 10.8. The summed E-state index contributed by atoms with van der Waals surface area (Å²) in [5.41, 5.74) is 3.38. The average Bonchev–Trinajstić information content (AvgIpc) is 2.71. The van der Waals surface area contributed by atoms with Gasteiger partial charge in [-0.2, -0.15) is 0 Å². The van der Waals surface area contributed by atoms with E-state index in [1.807, 2.05) is 12.3 Å². The van der Waals surface area contributed by atoms with E-state index in [1.54, 1.807) is 11.3 Å². The zero-order valence-electron chi connectivity index (χ0n) is 9.41. The van der Waals surface area contributed by atoms with Gasteiger partial charge in [0.15, 0.2) is 0 Å². The third-order valence-electron chi connectivity index (χ3n) is 2.43. The molecule has 0 aromatic carbocycles. The number of aromatic nitrogens is 2. The summed E-state index contributed by atoms with van der Waals surface area (Å²) >= 11 is 8.66. The number of alkyl halides is 2. The molecule has 2 nitrogen and oxygen atoms in total. The Morgan fingerprint density at radius 2 is 2.18 bits per heavy atom. The van der Waals surface area contributed by atoms with Crippen molar-refractivity contribution in [2.24, 2.45) is 0 Å². The van der Waals surface area contributed by atoms with Crippen molar-refractivity contribution >= 4 is 43.2 Å². The summed E-state index contributed by atoms with van der Waals surface area (Å²) in [5, 5.41) is 2.89. The van der Waals surface area contributed by atoms with Crippen molar-refractivity contribution in [1.82, 2.24) is 9.97 Å². The van der Waals surface area contributed by atoms with E-state index in [-0.39, 0.29) is 0 Å². The first-order chi connectivity index (χ1) is 8.24. The number of pyridine rings is 1. The molecule has 0 saturated heterocycles. The van der Waals surface area contributed by atoms with Crippen molar-refractivity contribution in [3.05, 3.63) is 34.6 Å². The smallest absolute Gasteiger partial charge is 0.124 e. The van der Waals surface area contributed by atoms with Gasteiger partial charge in [0.2, 0.25) is 0 Å². The summed E-state index contributed by atoms with van der Waals surface area (Å²) in [4.78, 5) is 10.2. The molecule has 2 rings (SSSR count). The van der Waals surface area contributed by atoms with Crippen LogP contribution < -0.4 is 0 Å². The van der Waals surface area contributed by atoms with E-state index in [4.69, 9.17) is 0 Å². The summed E-state index contributed by atoms with van der Waals surface area (Å²) in [7, 11) is 0. The Kier molecular flexibility index (Phi) is 4.70. The molecule has 0 aliphatic rings. The fourth-order valence-electron chi connectivity index (χ4n) is 1.52. The second kappa shape index (κ2) is 6.07. The highest BCUT2D eigenvalue weighted by molar-refractivity contribution is 9.09. The highest BCUT2D eigenvalue weighted by Gasteiger charge is 2.09. The highest BCUT2D eigenvalue weighted by Crippen LogP contribution is 2.29. The van der Waals surface area contributed by atoms with E-state index in [2.05, 4.69) is 54.8 Å².